The Morgan fingerprint density at radius 1 is 1.16 bits per heavy atom. The molecule has 2 aromatic carbocycles. The van der Waals surface area contributed by atoms with Crippen LogP contribution < -0.4 is 15.4 Å². The summed E-state index contributed by atoms with van der Waals surface area (Å²) in [5.41, 5.74) is 0.998. The second-order valence-corrected chi connectivity index (χ2v) is 7.07. The number of halogens is 1. The highest BCUT2D eigenvalue weighted by Gasteiger charge is 2.16. The number of nitrogens with one attached hydrogen (secondary N) is 2. The van der Waals surface area contributed by atoms with Gasteiger partial charge < -0.3 is 24.7 Å². The SMILES string of the molecule is CCN(CC)CCCNc1nnc(-c2ccc(NC(=O)c3ccccc3F)cc2OC)o1. The molecule has 8 nitrogen and oxygen atoms in total. The average Bonchev–Trinajstić information content (AvgIpc) is 3.28. The highest BCUT2D eigenvalue weighted by atomic mass is 19.1. The predicted molar refractivity (Wildman–Crippen MR) is 122 cm³/mol. The first-order valence-corrected chi connectivity index (χ1v) is 10.6. The lowest BCUT2D eigenvalue weighted by Gasteiger charge is -2.17. The van der Waals surface area contributed by atoms with Gasteiger partial charge in [-0.1, -0.05) is 31.1 Å². The summed E-state index contributed by atoms with van der Waals surface area (Å²) in [5, 5.41) is 13.9. The third kappa shape index (κ3) is 5.82. The van der Waals surface area contributed by atoms with Crippen LogP contribution in [-0.2, 0) is 0 Å². The number of benzene rings is 2. The molecule has 0 spiro atoms. The number of rotatable bonds is 11. The van der Waals surface area contributed by atoms with Gasteiger partial charge in [0.15, 0.2) is 0 Å². The van der Waals surface area contributed by atoms with Gasteiger partial charge in [-0.05, 0) is 50.3 Å². The molecule has 170 valence electrons. The number of hydrogen-bond acceptors (Lipinski definition) is 7. The first-order chi connectivity index (χ1) is 15.5. The summed E-state index contributed by atoms with van der Waals surface area (Å²) in [5.74, 6) is -0.406. The molecule has 0 saturated heterocycles. The fraction of sp³-hybridized carbons (Fsp3) is 0.348. The van der Waals surface area contributed by atoms with Crippen LogP contribution in [0.15, 0.2) is 46.9 Å². The van der Waals surface area contributed by atoms with Gasteiger partial charge >= 0.3 is 6.01 Å². The normalized spacial score (nSPS) is 10.9. The van der Waals surface area contributed by atoms with Crippen LogP contribution >= 0.6 is 0 Å². The van der Waals surface area contributed by atoms with Crippen molar-refractivity contribution in [1.82, 2.24) is 15.1 Å². The number of carbonyl (C=O) groups excluding carboxylic acids is 1. The van der Waals surface area contributed by atoms with Gasteiger partial charge in [0, 0.05) is 18.3 Å². The van der Waals surface area contributed by atoms with Gasteiger partial charge in [-0.15, -0.1) is 5.10 Å². The minimum absolute atomic E-state index is 0.0378. The number of ether oxygens (including phenoxy) is 1. The molecule has 0 aliphatic carbocycles. The van der Waals surface area contributed by atoms with Gasteiger partial charge in [-0.25, -0.2) is 4.39 Å². The maximum Gasteiger partial charge on any atom is 0.315 e. The zero-order valence-corrected chi connectivity index (χ0v) is 18.5. The second kappa shape index (κ2) is 11.2. The van der Waals surface area contributed by atoms with Crippen molar-refractivity contribution in [3.63, 3.8) is 0 Å². The molecule has 0 unspecified atom stereocenters. The van der Waals surface area contributed by atoms with E-state index in [0.717, 1.165) is 32.6 Å². The van der Waals surface area contributed by atoms with E-state index in [9.17, 15) is 9.18 Å². The van der Waals surface area contributed by atoms with E-state index >= 15 is 0 Å². The molecule has 1 amide bonds. The number of hydrogen-bond donors (Lipinski definition) is 2. The molecule has 3 aromatic rings. The fourth-order valence-corrected chi connectivity index (χ4v) is 3.23. The van der Waals surface area contributed by atoms with Gasteiger partial charge in [0.25, 0.3) is 11.8 Å². The van der Waals surface area contributed by atoms with Crippen molar-refractivity contribution in [2.75, 3.05) is 43.9 Å². The lowest BCUT2D eigenvalue weighted by Crippen LogP contribution is -2.25. The predicted octanol–water partition coefficient (Wildman–Crippen LogP) is 4.28. The van der Waals surface area contributed by atoms with E-state index in [4.69, 9.17) is 9.15 Å². The largest absolute Gasteiger partial charge is 0.496 e. The van der Waals surface area contributed by atoms with Crippen LogP contribution in [0.25, 0.3) is 11.5 Å². The van der Waals surface area contributed by atoms with E-state index in [1.165, 1.54) is 25.3 Å². The van der Waals surface area contributed by atoms with Crippen molar-refractivity contribution in [1.29, 1.82) is 0 Å². The smallest absolute Gasteiger partial charge is 0.315 e. The zero-order chi connectivity index (χ0) is 22.9. The van der Waals surface area contributed by atoms with Crippen molar-refractivity contribution in [2.24, 2.45) is 0 Å². The Hall–Kier alpha value is -3.46. The molecular weight excluding hydrogens is 413 g/mol. The standard InChI is InChI=1S/C23H28FN5O3/c1-4-29(5-2)14-8-13-25-23-28-27-22(32-23)18-12-11-16(15-20(18)31-3)26-21(30)17-9-6-7-10-19(17)24/h6-7,9-12,15H,4-5,8,13-14H2,1-3H3,(H,25,28)(H,26,30). The Labute approximate surface area is 186 Å². The summed E-state index contributed by atoms with van der Waals surface area (Å²) in [4.78, 5) is 14.7. The molecule has 1 heterocycles. The van der Waals surface area contributed by atoms with Crippen LogP contribution in [0.1, 0.15) is 30.6 Å². The van der Waals surface area contributed by atoms with E-state index in [2.05, 4.69) is 39.6 Å². The Balaban J connectivity index is 1.65. The lowest BCUT2D eigenvalue weighted by molar-refractivity contribution is 0.102. The van der Waals surface area contributed by atoms with Crippen LogP contribution in [-0.4, -0.2) is 54.3 Å². The summed E-state index contributed by atoms with van der Waals surface area (Å²) in [6.07, 6.45) is 0.957. The van der Waals surface area contributed by atoms with Crippen molar-refractivity contribution < 1.29 is 18.3 Å². The number of methoxy groups -OCH3 is 1. The summed E-state index contributed by atoms with van der Waals surface area (Å²) >= 11 is 0. The van der Waals surface area contributed by atoms with Gasteiger partial charge in [0.1, 0.15) is 11.6 Å². The Morgan fingerprint density at radius 3 is 2.66 bits per heavy atom. The van der Waals surface area contributed by atoms with Crippen LogP contribution in [0.4, 0.5) is 16.1 Å². The first-order valence-electron chi connectivity index (χ1n) is 10.6. The number of carbonyl (C=O) groups is 1. The molecule has 32 heavy (non-hydrogen) atoms. The molecule has 0 fully saturated rings. The number of aromatic nitrogens is 2. The summed E-state index contributed by atoms with van der Waals surface area (Å²) in [6, 6.07) is 11.1. The van der Waals surface area contributed by atoms with Crippen molar-refractivity contribution in [3.05, 3.63) is 53.8 Å². The molecule has 9 heteroatoms. The minimum atomic E-state index is -0.587. The van der Waals surface area contributed by atoms with Gasteiger partial charge in [-0.3, -0.25) is 4.79 Å². The first kappa shape index (κ1) is 23.2. The Bertz CT molecular complexity index is 1040. The summed E-state index contributed by atoms with van der Waals surface area (Å²) in [7, 11) is 1.50. The molecule has 0 aliphatic rings. The van der Waals surface area contributed by atoms with Crippen molar-refractivity contribution in [3.8, 4) is 17.2 Å². The fourth-order valence-electron chi connectivity index (χ4n) is 3.23. The molecule has 0 bridgehead atoms. The topological polar surface area (TPSA) is 92.5 Å². The molecule has 0 saturated carbocycles. The minimum Gasteiger partial charge on any atom is -0.496 e. The molecule has 0 radical (unpaired) electrons. The Kier molecular flexibility index (Phi) is 8.15. The van der Waals surface area contributed by atoms with Crippen LogP contribution in [0.5, 0.6) is 5.75 Å². The van der Waals surface area contributed by atoms with Gasteiger partial charge in [-0.2, -0.15) is 0 Å². The maximum atomic E-state index is 13.8. The van der Waals surface area contributed by atoms with E-state index in [1.807, 2.05) is 0 Å². The average molecular weight is 442 g/mol. The number of nitrogens with zero attached hydrogens (tertiary/aromatic N) is 3. The summed E-state index contributed by atoms with van der Waals surface area (Å²) in [6.45, 7) is 8.05. The third-order valence-electron chi connectivity index (χ3n) is 5.06. The summed E-state index contributed by atoms with van der Waals surface area (Å²) < 4.78 is 25.0. The van der Waals surface area contributed by atoms with Crippen LogP contribution in [0.3, 0.4) is 0 Å². The third-order valence-corrected chi connectivity index (χ3v) is 5.06. The monoisotopic (exact) mass is 441 g/mol. The molecule has 2 N–H and O–H groups in total. The van der Waals surface area contributed by atoms with Crippen molar-refractivity contribution >= 4 is 17.6 Å². The number of amides is 1. The van der Waals surface area contributed by atoms with E-state index < -0.39 is 11.7 Å². The maximum absolute atomic E-state index is 13.8. The second-order valence-electron chi connectivity index (χ2n) is 7.07. The highest BCUT2D eigenvalue weighted by Crippen LogP contribution is 2.32. The van der Waals surface area contributed by atoms with E-state index in [-0.39, 0.29) is 5.56 Å². The van der Waals surface area contributed by atoms with Gasteiger partial charge in [0.2, 0.25) is 0 Å². The quantitative estimate of drug-likeness (QED) is 0.429. The number of anilines is 2. The molecule has 1 aromatic heterocycles. The zero-order valence-electron chi connectivity index (χ0n) is 18.5. The van der Waals surface area contributed by atoms with Crippen molar-refractivity contribution in [2.45, 2.75) is 20.3 Å². The van der Waals surface area contributed by atoms with E-state index in [1.54, 1.807) is 24.3 Å². The van der Waals surface area contributed by atoms with Crippen LogP contribution in [0, 0.1) is 5.82 Å². The lowest BCUT2D eigenvalue weighted by atomic mass is 10.1. The molecule has 0 aliphatic heterocycles. The highest BCUT2D eigenvalue weighted by molar-refractivity contribution is 6.04. The molecular formula is C23H28FN5O3. The Morgan fingerprint density at radius 2 is 1.94 bits per heavy atom. The molecule has 0 atom stereocenters. The van der Waals surface area contributed by atoms with Crippen LogP contribution in [0.2, 0.25) is 0 Å². The molecule has 3 rings (SSSR count). The van der Waals surface area contributed by atoms with Gasteiger partial charge in [0.05, 0.1) is 18.2 Å². The van der Waals surface area contributed by atoms with E-state index in [0.29, 0.717) is 28.9 Å².